The largest absolute Gasteiger partial charge is 0.478 e. The number of imidazole rings is 2. The predicted molar refractivity (Wildman–Crippen MR) is 181 cm³/mol. The van der Waals surface area contributed by atoms with Crippen molar-refractivity contribution in [2.45, 2.75) is 33.2 Å². The van der Waals surface area contributed by atoms with Crippen LogP contribution in [0.15, 0.2) is 97.1 Å². The van der Waals surface area contributed by atoms with Gasteiger partial charge < -0.3 is 24.5 Å². The maximum absolute atomic E-state index is 11.7. The van der Waals surface area contributed by atoms with Crippen LogP contribution < -0.4 is 0 Å². The lowest BCUT2D eigenvalue weighted by Gasteiger charge is -2.12. The minimum absolute atomic E-state index is 0.307. The molecule has 4 aromatic carbocycles. The highest BCUT2D eigenvalue weighted by atomic mass is 16.4. The number of aromatic carboxylic acids is 1. The van der Waals surface area contributed by atoms with E-state index in [0.29, 0.717) is 24.3 Å². The van der Waals surface area contributed by atoms with E-state index in [9.17, 15) is 19.5 Å². The number of para-hydroxylation sites is 2. The Bertz CT molecular complexity index is 2120. The van der Waals surface area contributed by atoms with Gasteiger partial charge in [0.15, 0.2) is 0 Å². The van der Waals surface area contributed by atoms with Crippen LogP contribution in [0, 0.1) is 6.92 Å². The number of benzene rings is 4. The Labute approximate surface area is 270 Å². The molecule has 0 bridgehead atoms. The van der Waals surface area contributed by atoms with E-state index < -0.39 is 17.9 Å². The van der Waals surface area contributed by atoms with Crippen molar-refractivity contribution in [3.63, 3.8) is 0 Å². The normalized spacial score (nSPS) is 11.1. The Morgan fingerprint density at radius 2 is 1.45 bits per heavy atom. The average Bonchev–Trinajstić information content (AvgIpc) is 3.58. The fraction of sp³-hybridized carbons (Fsp3) is 0.162. The van der Waals surface area contributed by atoms with E-state index in [4.69, 9.17) is 20.2 Å². The number of rotatable bonds is 9. The van der Waals surface area contributed by atoms with Crippen LogP contribution in [0.5, 0.6) is 0 Å². The molecule has 6 rings (SSSR count). The second kappa shape index (κ2) is 13.9. The summed E-state index contributed by atoms with van der Waals surface area (Å²) in [6.45, 7) is 4.98. The number of fused-ring (bicyclic) bond motifs is 2. The molecule has 0 saturated carbocycles. The molecule has 0 aliphatic rings. The zero-order chi connectivity index (χ0) is 33.7. The first-order valence-electron chi connectivity index (χ1n) is 15.0. The molecule has 10 heteroatoms. The number of aliphatic carboxylic acids is 2. The molecule has 0 unspecified atom stereocenters. The third-order valence-electron chi connectivity index (χ3n) is 7.77. The molecule has 0 aliphatic heterocycles. The van der Waals surface area contributed by atoms with Crippen molar-refractivity contribution < 1.29 is 29.7 Å². The summed E-state index contributed by atoms with van der Waals surface area (Å²) in [5.41, 5.74) is 9.46. The van der Waals surface area contributed by atoms with Gasteiger partial charge in [0.05, 0.1) is 27.6 Å². The third kappa shape index (κ3) is 7.12. The van der Waals surface area contributed by atoms with Gasteiger partial charge >= 0.3 is 17.9 Å². The average molecular weight is 631 g/mol. The number of hydrogen-bond donors (Lipinski definition) is 3. The van der Waals surface area contributed by atoms with Crippen LogP contribution in [0.2, 0.25) is 0 Å². The summed E-state index contributed by atoms with van der Waals surface area (Å²) in [5, 5.41) is 25.2. The van der Waals surface area contributed by atoms with Crippen molar-refractivity contribution in [1.29, 1.82) is 0 Å². The highest BCUT2D eigenvalue weighted by Gasteiger charge is 2.17. The van der Waals surface area contributed by atoms with Crippen molar-refractivity contribution in [1.82, 2.24) is 19.1 Å². The molecule has 10 nitrogen and oxygen atoms in total. The van der Waals surface area contributed by atoms with E-state index in [0.717, 1.165) is 74.4 Å². The lowest BCUT2D eigenvalue weighted by Crippen LogP contribution is -2.05. The molecular formula is C37H34N4O6. The standard InChI is InChI=1S/C33H30N4O2.C4H4O4/c1-4-9-30-35-31-21(2)18-24(32-34-27-12-7-8-13-28(27)36(32)3)19-29(31)37(30)20-22-14-16-23(17-15-22)25-10-5-6-11-26(25)33(38)39;5-3(6)1-2-4(7)8/h5-8,10-19H,4,9,20H2,1-3H3,(H,38,39);1-2H,(H,5,6)(H,7,8)/b;2-1-. The molecule has 0 amide bonds. The first-order valence-corrected chi connectivity index (χ1v) is 15.0. The van der Waals surface area contributed by atoms with Crippen LogP contribution in [0.3, 0.4) is 0 Å². The van der Waals surface area contributed by atoms with Gasteiger partial charge in [0.2, 0.25) is 0 Å². The fourth-order valence-corrected chi connectivity index (χ4v) is 5.60. The first-order chi connectivity index (χ1) is 22.6. The van der Waals surface area contributed by atoms with Crippen LogP contribution in [-0.4, -0.2) is 52.3 Å². The van der Waals surface area contributed by atoms with Gasteiger partial charge in [-0.25, -0.2) is 24.4 Å². The fourth-order valence-electron chi connectivity index (χ4n) is 5.60. The molecule has 47 heavy (non-hydrogen) atoms. The van der Waals surface area contributed by atoms with E-state index in [1.165, 1.54) is 0 Å². The lowest BCUT2D eigenvalue weighted by molar-refractivity contribution is -0.134. The number of aromatic nitrogens is 4. The van der Waals surface area contributed by atoms with Crippen molar-refractivity contribution in [2.75, 3.05) is 0 Å². The highest BCUT2D eigenvalue weighted by Crippen LogP contribution is 2.31. The van der Waals surface area contributed by atoms with Crippen LogP contribution >= 0.6 is 0 Å². The number of aryl methyl sites for hydroxylation is 3. The number of carbonyl (C=O) groups is 3. The Kier molecular flexibility index (Phi) is 9.60. The minimum Gasteiger partial charge on any atom is -0.478 e. The van der Waals surface area contributed by atoms with Gasteiger partial charge in [-0.15, -0.1) is 0 Å². The monoisotopic (exact) mass is 630 g/mol. The van der Waals surface area contributed by atoms with Crippen molar-refractivity contribution in [3.8, 4) is 22.5 Å². The Hall–Kier alpha value is -6.03. The van der Waals surface area contributed by atoms with Gasteiger partial charge in [-0.3, -0.25) is 0 Å². The number of carboxylic acid groups (broad SMARTS) is 3. The molecule has 0 radical (unpaired) electrons. The quantitative estimate of drug-likeness (QED) is 0.145. The maximum atomic E-state index is 11.7. The maximum Gasteiger partial charge on any atom is 0.336 e. The molecule has 0 aliphatic carbocycles. The summed E-state index contributed by atoms with van der Waals surface area (Å²) in [4.78, 5) is 40.8. The molecule has 0 saturated heterocycles. The van der Waals surface area contributed by atoms with Gasteiger partial charge in [0.25, 0.3) is 0 Å². The van der Waals surface area contributed by atoms with E-state index in [1.54, 1.807) is 12.1 Å². The van der Waals surface area contributed by atoms with Crippen molar-refractivity contribution >= 4 is 40.0 Å². The van der Waals surface area contributed by atoms with Crippen LogP contribution in [0.4, 0.5) is 0 Å². The summed E-state index contributed by atoms with van der Waals surface area (Å²) in [5.74, 6) is -1.43. The molecule has 0 atom stereocenters. The SMILES string of the molecule is CCCc1nc2c(C)cc(-c3nc4ccccc4n3C)cc2n1Cc1ccc(-c2ccccc2C(=O)O)cc1.O=C(O)/C=C\C(=O)O. The molecule has 238 valence electrons. The number of carboxylic acids is 3. The molecule has 3 N–H and O–H groups in total. The topological polar surface area (TPSA) is 148 Å². The predicted octanol–water partition coefficient (Wildman–Crippen LogP) is 6.98. The Balaban J connectivity index is 0.000000483. The summed E-state index contributed by atoms with van der Waals surface area (Å²) in [6, 6.07) is 27.9. The van der Waals surface area contributed by atoms with Gasteiger partial charge in [-0.2, -0.15) is 0 Å². The van der Waals surface area contributed by atoms with E-state index in [2.05, 4.69) is 60.4 Å². The Morgan fingerprint density at radius 3 is 2.09 bits per heavy atom. The van der Waals surface area contributed by atoms with Crippen LogP contribution in [0.25, 0.3) is 44.6 Å². The summed E-state index contributed by atoms with van der Waals surface area (Å²) in [7, 11) is 2.06. The molecule has 2 heterocycles. The first kappa shape index (κ1) is 32.4. The Morgan fingerprint density at radius 1 is 0.787 bits per heavy atom. The number of hydrogen-bond acceptors (Lipinski definition) is 5. The van der Waals surface area contributed by atoms with Crippen molar-refractivity contribution in [3.05, 3.63) is 120 Å². The second-order valence-corrected chi connectivity index (χ2v) is 11.1. The van der Waals surface area contributed by atoms with E-state index >= 15 is 0 Å². The van der Waals surface area contributed by atoms with Gasteiger partial charge in [-0.05, 0) is 65.9 Å². The number of nitrogens with zero attached hydrogens (tertiary/aromatic N) is 4. The zero-order valence-electron chi connectivity index (χ0n) is 26.2. The summed E-state index contributed by atoms with van der Waals surface area (Å²) in [6.07, 6.45) is 3.01. The highest BCUT2D eigenvalue weighted by molar-refractivity contribution is 5.96. The minimum atomic E-state index is -1.26. The molecule has 2 aromatic heterocycles. The van der Waals surface area contributed by atoms with Gasteiger partial charge in [0.1, 0.15) is 11.6 Å². The molecular weight excluding hydrogens is 596 g/mol. The molecule has 6 aromatic rings. The van der Waals surface area contributed by atoms with E-state index in [1.807, 2.05) is 42.5 Å². The van der Waals surface area contributed by atoms with Crippen molar-refractivity contribution in [2.24, 2.45) is 7.05 Å². The second-order valence-electron chi connectivity index (χ2n) is 11.1. The van der Waals surface area contributed by atoms with Crippen LogP contribution in [-0.2, 0) is 29.6 Å². The zero-order valence-corrected chi connectivity index (χ0v) is 26.2. The smallest absolute Gasteiger partial charge is 0.336 e. The summed E-state index contributed by atoms with van der Waals surface area (Å²) < 4.78 is 4.47. The summed E-state index contributed by atoms with van der Waals surface area (Å²) >= 11 is 0. The van der Waals surface area contributed by atoms with Gasteiger partial charge in [-0.1, -0.05) is 61.5 Å². The van der Waals surface area contributed by atoms with Crippen LogP contribution in [0.1, 0.15) is 40.7 Å². The lowest BCUT2D eigenvalue weighted by atomic mass is 9.98. The van der Waals surface area contributed by atoms with E-state index in [-0.39, 0.29) is 0 Å². The molecule has 0 fully saturated rings. The molecule has 0 spiro atoms. The third-order valence-corrected chi connectivity index (χ3v) is 7.77. The van der Waals surface area contributed by atoms with Gasteiger partial charge in [0, 0.05) is 37.7 Å².